The van der Waals surface area contributed by atoms with Crippen molar-refractivity contribution in [2.24, 2.45) is 5.73 Å². The third-order valence-corrected chi connectivity index (χ3v) is 4.83. The van der Waals surface area contributed by atoms with E-state index in [1.54, 1.807) is 12.1 Å². The number of nitrogens with two attached hydrogens (primary N) is 1. The number of furan rings is 1. The fourth-order valence-corrected chi connectivity index (χ4v) is 3.37. The molecule has 1 atom stereocenters. The molecule has 0 spiro atoms. The van der Waals surface area contributed by atoms with Gasteiger partial charge in [0.1, 0.15) is 24.2 Å². The summed E-state index contributed by atoms with van der Waals surface area (Å²) in [4.78, 5) is 26.4. The van der Waals surface area contributed by atoms with Gasteiger partial charge in [-0.25, -0.2) is 0 Å². The maximum Gasteiger partial charge on any atom is 0.290 e. The Morgan fingerprint density at radius 2 is 1.71 bits per heavy atom. The number of para-hydroxylation sites is 1. The van der Waals surface area contributed by atoms with E-state index < -0.39 is 11.9 Å². The van der Waals surface area contributed by atoms with Crippen molar-refractivity contribution in [2.45, 2.75) is 25.6 Å². The summed E-state index contributed by atoms with van der Waals surface area (Å²) in [7, 11) is 0. The second-order valence-electron chi connectivity index (χ2n) is 6.69. The minimum atomic E-state index is -0.698. The highest BCUT2D eigenvalue weighted by Crippen LogP contribution is 2.25. The first kappa shape index (κ1) is 17.9. The Kier molecular flexibility index (Phi) is 4.85. The number of primary amides is 1. The molecule has 142 valence electrons. The fraction of sp³-hybridized carbons (Fsp3) is 0.182. The second kappa shape index (κ2) is 7.60. The molecule has 28 heavy (non-hydrogen) atoms. The summed E-state index contributed by atoms with van der Waals surface area (Å²) < 4.78 is 11.3. The van der Waals surface area contributed by atoms with Crippen LogP contribution in [0.4, 0.5) is 0 Å². The molecule has 2 heterocycles. The van der Waals surface area contributed by atoms with Crippen LogP contribution in [0, 0.1) is 0 Å². The molecule has 2 amide bonds. The van der Waals surface area contributed by atoms with Gasteiger partial charge in [0.05, 0.1) is 0 Å². The van der Waals surface area contributed by atoms with Crippen molar-refractivity contribution in [1.82, 2.24) is 4.90 Å². The predicted octanol–water partition coefficient (Wildman–Crippen LogP) is 2.91. The second-order valence-corrected chi connectivity index (χ2v) is 6.69. The molecular weight excluding hydrogens is 356 g/mol. The molecule has 0 unspecified atom stereocenters. The lowest BCUT2D eigenvalue weighted by atomic mass is 9.93. The van der Waals surface area contributed by atoms with Crippen molar-refractivity contribution >= 4 is 11.8 Å². The number of hydrogen-bond donors (Lipinski definition) is 1. The molecule has 1 aliphatic heterocycles. The Labute approximate surface area is 162 Å². The van der Waals surface area contributed by atoms with Gasteiger partial charge < -0.3 is 19.8 Å². The molecular formula is C22H20N2O4. The van der Waals surface area contributed by atoms with Crippen molar-refractivity contribution < 1.29 is 18.7 Å². The molecule has 0 saturated carbocycles. The van der Waals surface area contributed by atoms with Gasteiger partial charge in [-0.2, -0.15) is 0 Å². The van der Waals surface area contributed by atoms with Crippen LogP contribution in [0.25, 0.3) is 0 Å². The molecule has 0 fully saturated rings. The molecule has 4 rings (SSSR count). The van der Waals surface area contributed by atoms with E-state index in [2.05, 4.69) is 0 Å². The molecule has 0 radical (unpaired) electrons. The van der Waals surface area contributed by atoms with Crippen LogP contribution in [0.2, 0.25) is 0 Å². The van der Waals surface area contributed by atoms with E-state index in [0.29, 0.717) is 24.5 Å². The number of nitrogens with zero attached hydrogens (tertiary/aromatic N) is 1. The van der Waals surface area contributed by atoms with E-state index in [0.717, 1.165) is 11.1 Å². The van der Waals surface area contributed by atoms with Gasteiger partial charge in [-0.15, -0.1) is 0 Å². The molecule has 2 N–H and O–H groups in total. The summed E-state index contributed by atoms with van der Waals surface area (Å²) in [6.45, 7) is 0.526. The first-order valence-electron chi connectivity index (χ1n) is 9.05. The number of amides is 2. The number of rotatable bonds is 5. The van der Waals surface area contributed by atoms with Gasteiger partial charge >= 0.3 is 0 Å². The monoisotopic (exact) mass is 376 g/mol. The molecule has 3 aromatic rings. The predicted molar refractivity (Wildman–Crippen MR) is 102 cm³/mol. The van der Waals surface area contributed by atoms with Gasteiger partial charge in [-0.05, 0) is 35.4 Å². The third kappa shape index (κ3) is 3.62. The quantitative estimate of drug-likeness (QED) is 0.742. The van der Waals surface area contributed by atoms with Gasteiger partial charge in [0.2, 0.25) is 5.91 Å². The Balaban J connectivity index is 1.50. The zero-order valence-electron chi connectivity index (χ0n) is 15.2. The number of fused-ring (bicyclic) bond motifs is 1. The average Bonchev–Trinajstić information content (AvgIpc) is 3.20. The summed E-state index contributed by atoms with van der Waals surface area (Å²) in [5.41, 5.74) is 7.61. The zero-order valence-corrected chi connectivity index (χ0v) is 15.2. The van der Waals surface area contributed by atoms with Gasteiger partial charge in [0, 0.05) is 13.0 Å². The number of carbonyl (C=O) groups excluding carboxylic acids is 2. The molecule has 0 aliphatic carbocycles. The van der Waals surface area contributed by atoms with E-state index in [9.17, 15) is 9.59 Å². The largest absolute Gasteiger partial charge is 0.486 e. The Hall–Kier alpha value is -3.54. The number of carbonyl (C=O) groups is 2. The maximum atomic E-state index is 13.0. The Morgan fingerprint density at radius 3 is 2.46 bits per heavy atom. The van der Waals surface area contributed by atoms with Crippen molar-refractivity contribution in [2.75, 3.05) is 0 Å². The van der Waals surface area contributed by atoms with Gasteiger partial charge in [-0.3, -0.25) is 9.59 Å². The van der Waals surface area contributed by atoms with E-state index in [1.165, 1.54) is 4.90 Å². The summed E-state index contributed by atoms with van der Waals surface area (Å²) in [5, 5.41) is 0. The zero-order chi connectivity index (χ0) is 19.5. The van der Waals surface area contributed by atoms with Crippen LogP contribution in [0.1, 0.15) is 27.4 Å². The highest BCUT2D eigenvalue weighted by atomic mass is 16.5. The topological polar surface area (TPSA) is 85.8 Å². The van der Waals surface area contributed by atoms with Crippen LogP contribution in [0.15, 0.2) is 71.1 Å². The van der Waals surface area contributed by atoms with Gasteiger partial charge in [-0.1, -0.05) is 42.5 Å². The molecule has 6 nitrogen and oxygen atoms in total. The smallest absolute Gasteiger partial charge is 0.290 e. The third-order valence-electron chi connectivity index (χ3n) is 4.83. The minimum Gasteiger partial charge on any atom is -0.486 e. The molecule has 1 aromatic heterocycles. The Bertz CT molecular complexity index is 997. The van der Waals surface area contributed by atoms with Gasteiger partial charge in [0.15, 0.2) is 5.76 Å². The fourth-order valence-electron chi connectivity index (χ4n) is 3.37. The van der Waals surface area contributed by atoms with E-state index in [-0.39, 0.29) is 18.3 Å². The Morgan fingerprint density at radius 1 is 1.00 bits per heavy atom. The summed E-state index contributed by atoms with van der Waals surface area (Å²) >= 11 is 0. The summed E-state index contributed by atoms with van der Waals surface area (Å²) in [6.07, 6.45) is 0.405. The SMILES string of the molecule is NC(=O)[C@H]1Cc2ccccc2CN1C(=O)c1ccc(COc2ccccc2)o1. The first-order chi connectivity index (χ1) is 13.6. The molecule has 0 saturated heterocycles. The number of hydrogen-bond acceptors (Lipinski definition) is 4. The lowest BCUT2D eigenvalue weighted by molar-refractivity contribution is -0.122. The lowest BCUT2D eigenvalue weighted by Gasteiger charge is -2.34. The van der Waals surface area contributed by atoms with Crippen LogP contribution in [-0.4, -0.2) is 22.8 Å². The average molecular weight is 376 g/mol. The maximum absolute atomic E-state index is 13.0. The number of ether oxygens (including phenoxy) is 1. The van der Waals surface area contributed by atoms with E-state index >= 15 is 0 Å². The first-order valence-corrected chi connectivity index (χ1v) is 9.05. The highest BCUT2D eigenvalue weighted by molar-refractivity contribution is 5.95. The molecule has 1 aliphatic rings. The standard InChI is InChI=1S/C22H20N2O4/c23-21(25)19-12-15-6-4-5-7-16(15)13-24(19)22(26)20-11-10-18(28-20)14-27-17-8-2-1-3-9-17/h1-11,19H,12-14H2,(H2,23,25)/t19-/m1/s1. The van der Waals surface area contributed by atoms with Crippen LogP contribution in [0.5, 0.6) is 5.75 Å². The van der Waals surface area contributed by atoms with Crippen LogP contribution < -0.4 is 10.5 Å². The van der Waals surface area contributed by atoms with Crippen molar-refractivity contribution in [3.8, 4) is 5.75 Å². The van der Waals surface area contributed by atoms with Crippen molar-refractivity contribution in [1.29, 1.82) is 0 Å². The van der Waals surface area contributed by atoms with Crippen LogP contribution >= 0.6 is 0 Å². The highest BCUT2D eigenvalue weighted by Gasteiger charge is 2.34. The van der Waals surface area contributed by atoms with Crippen LogP contribution in [-0.2, 0) is 24.4 Å². The van der Waals surface area contributed by atoms with Gasteiger partial charge in [0.25, 0.3) is 5.91 Å². The molecule has 0 bridgehead atoms. The summed E-state index contributed by atoms with van der Waals surface area (Å²) in [6, 6.07) is 19.7. The van der Waals surface area contributed by atoms with E-state index in [1.807, 2.05) is 54.6 Å². The summed E-state index contributed by atoms with van der Waals surface area (Å²) in [5.74, 6) is 0.525. The lowest BCUT2D eigenvalue weighted by Crippen LogP contribution is -2.51. The number of benzene rings is 2. The van der Waals surface area contributed by atoms with Crippen LogP contribution in [0.3, 0.4) is 0 Å². The minimum absolute atomic E-state index is 0.164. The van der Waals surface area contributed by atoms with Crippen molar-refractivity contribution in [3.63, 3.8) is 0 Å². The van der Waals surface area contributed by atoms with Crippen molar-refractivity contribution in [3.05, 3.63) is 89.4 Å². The molecule has 2 aromatic carbocycles. The molecule has 6 heteroatoms. The normalized spacial score (nSPS) is 15.7. The van der Waals surface area contributed by atoms with E-state index in [4.69, 9.17) is 14.9 Å².